The van der Waals surface area contributed by atoms with E-state index in [0.29, 0.717) is 6.54 Å². The van der Waals surface area contributed by atoms with E-state index in [1.807, 2.05) is 56.3 Å². The molecule has 0 bridgehead atoms. The van der Waals surface area contributed by atoms with Gasteiger partial charge in [0.1, 0.15) is 11.6 Å². The van der Waals surface area contributed by atoms with Gasteiger partial charge in [0.25, 0.3) is 0 Å². The summed E-state index contributed by atoms with van der Waals surface area (Å²) >= 11 is 1.49. The molecule has 0 radical (unpaired) electrons. The fourth-order valence-electron chi connectivity index (χ4n) is 2.57. The summed E-state index contributed by atoms with van der Waals surface area (Å²) in [6.07, 6.45) is 0. The monoisotopic (exact) mass is 376 g/mol. The number of nitrogens with one attached hydrogen (secondary N) is 1. The Morgan fingerprint density at radius 2 is 1.92 bits per heavy atom. The number of amides is 1. The van der Waals surface area contributed by atoms with Crippen LogP contribution in [0.3, 0.4) is 0 Å². The highest BCUT2D eigenvalue weighted by Crippen LogP contribution is 2.25. The summed E-state index contributed by atoms with van der Waals surface area (Å²) in [5.41, 5.74) is 0.839. The van der Waals surface area contributed by atoms with Crippen LogP contribution >= 0.6 is 11.8 Å². The second kappa shape index (κ2) is 9.59. The number of hydrogen-bond donors (Lipinski definition) is 1. The highest BCUT2D eigenvalue weighted by molar-refractivity contribution is 8.00. The predicted octanol–water partition coefficient (Wildman–Crippen LogP) is 3.73. The Kier molecular flexibility index (Phi) is 7.48. The molecule has 2 atom stereocenters. The van der Waals surface area contributed by atoms with Gasteiger partial charge in [-0.3, -0.25) is 4.79 Å². The average Bonchev–Trinajstić information content (AvgIpc) is 2.62. The SMILES string of the molecule is COc1ccc(SC(C)C(=O)NCC(c2cccc(F)c2)N(C)C)cc1. The maximum atomic E-state index is 13.5. The third kappa shape index (κ3) is 5.75. The summed E-state index contributed by atoms with van der Waals surface area (Å²) in [6, 6.07) is 14.0. The number of carbonyl (C=O) groups is 1. The van der Waals surface area contributed by atoms with Crippen molar-refractivity contribution in [1.82, 2.24) is 10.2 Å². The molecular weight excluding hydrogens is 351 g/mol. The van der Waals surface area contributed by atoms with Crippen molar-refractivity contribution in [2.75, 3.05) is 27.7 Å². The molecule has 2 unspecified atom stereocenters. The van der Waals surface area contributed by atoms with Gasteiger partial charge in [-0.2, -0.15) is 0 Å². The summed E-state index contributed by atoms with van der Waals surface area (Å²) in [7, 11) is 5.45. The quantitative estimate of drug-likeness (QED) is 0.713. The third-order valence-corrected chi connectivity index (χ3v) is 5.18. The topological polar surface area (TPSA) is 41.6 Å². The van der Waals surface area contributed by atoms with E-state index < -0.39 is 0 Å². The number of methoxy groups -OCH3 is 1. The van der Waals surface area contributed by atoms with Gasteiger partial charge in [-0.25, -0.2) is 4.39 Å². The second-order valence-electron chi connectivity index (χ2n) is 6.22. The highest BCUT2D eigenvalue weighted by atomic mass is 32.2. The van der Waals surface area contributed by atoms with Crippen LogP contribution in [0.15, 0.2) is 53.4 Å². The number of thioether (sulfide) groups is 1. The van der Waals surface area contributed by atoms with Crippen LogP contribution in [0.5, 0.6) is 5.75 Å². The Morgan fingerprint density at radius 3 is 2.50 bits per heavy atom. The maximum Gasteiger partial charge on any atom is 0.233 e. The molecule has 0 aliphatic carbocycles. The molecule has 2 aromatic rings. The van der Waals surface area contributed by atoms with Crippen LogP contribution in [-0.2, 0) is 4.79 Å². The molecule has 140 valence electrons. The molecule has 0 heterocycles. The smallest absolute Gasteiger partial charge is 0.233 e. The minimum Gasteiger partial charge on any atom is -0.497 e. The van der Waals surface area contributed by atoms with Crippen molar-refractivity contribution < 1.29 is 13.9 Å². The van der Waals surface area contributed by atoms with Crippen LogP contribution < -0.4 is 10.1 Å². The average molecular weight is 376 g/mol. The number of rotatable bonds is 8. The van der Waals surface area contributed by atoms with Gasteiger partial charge in [-0.15, -0.1) is 11.8 Å². The molecule has 0 aliphatic heterocycles. The molecule has 2 aromatic carbocycles. The number of hydrogen-bond acceptors (Lipinski definition) is 4. The van der Waals surface area contributed by atoms with Crippen LogP contribution in [-0.4, -0.2) is 43.8 Å². The first kappa shape index (κ1) is 20.3. The molecule has 0 fully saturated rings. The van der Waals surface area contributed by atoms with Gasteiger partial charge >= 0.3 is 0 Å². The Labute approximate surface area is 158 Å². The van der Waals surface area contributed by atoms with Crippen molar-refractivity contribution in [2.24, 2.45) is 0 Å². The minimum atomic E-state index is -0.274. The fourth-order valence-corrected chi connectivity index (χ4v) is 3.46. The predicted molar refractivity (Wildman–Crippen MR) is 104 cm³/mol. The molecule has 1 amide bonds. The van der Waals surface area contributed by atoms with E-state index in [1.54, 1.807) is 13.2 Å². The Bertz CT molecular complexity index is 722. The molecule has 0 saturated carbocycles. The molecule has 0 aromatic heterocycles. The molecule has 1 N–H and O–H groups in total. The number of halogens is 1. The van der Waals surface area contributed by atoms with Crippen LogP contribution in [0.1, 0.15) is 18.5 Å². The Morgan fingerprint density at radius 1 is 1.23 bits per heavy atom. The molecule has 4 nitrogen and oxygen atoms in total. The summed E-state index contributed by atoms with van der Waals surface area (Å²) in [5.74, 6) is 0.466. The lowest BCUT2D eigenvalue weighted by Gasteiger charge is -2.25. The minimum absolute atomic E-state index is 0.0472. The van der Waals surface area contributed by atoms with Gasteiger partial charge in [-0.1, -0.05) is 12.1 Å². The lowest BCUT2D eigenvalue weighted by Crippen LogP contribution is -2.38. The fraction of sp³-hybridized carbons (Fsp3) is 0.350. The molecule has 26 heavy (non-hydrogen) atoms. The molecule has 0 aliphatic rings. The van der Waals surface area contributed by atoms with E-state index >= 15 is 0 Å². The van der Waals surface area contributed by atoms with Crippen molar-refractivity contribution in [2.45, 2.75) is 23.1 Å². The standard InChI is InChI=1S/C20H25FN2O2S/c1-14(26-18-10-8-17(25-4)9-11-18)20(24)22-13-19(23(2)3)15-6-5-7-16(21)12-15/h5-12,14,19H,13H2,1-4H3,(H,22,24). The zero-order valence-electron chi connectivity index (χ0n) is 15.5. The van der Waals surface area contributed by atoms with Gasteiger partial charge in [0.2, 0.25) is 5.91 Å². The van der Waals surface area contributed by atoms with Gasteiger partial charge in [0, 0.05) is 11.4 Å². The van der Waals surface area contributed by atoms with Crippen molar-refractivity contribution in [3.8, 4) is 5.75 Å². The summed E-state index contributed by atoms with van der Waals surface area (Å²) in [6.45, 7) is 2.29. The largest absolute Gasteiger partial charge is 0.497 e. The lowest BCUT2D eigenvalue weighted by atomic mass is 10.1. The van der Waals surface area contributed by atoms with Gasteiger partial charge in [0.05, 0.1) is 18.4 Å². The summed E-state index contributed by atoms with van der Waals surface area (Å²) < 4.78 is 18.6. The Hall–Kier alpha value is -2.05. The van der Waals surface area contributed by atoms with Crippen molar-refractivity contribution in [3.05, 3.63) is 59.9 Å². The zero-order chi connectivity index (χ0) is 19.1. The number of ether oxygens (including phenoxy) is 1. The van der Waals surface area contributed by atoms with Crippen molar-refractivity contribution in [1.29, 1.82) is 0 Å². The molecular formula is C20H25FN2O2S. The van der Waals surface area contributed by atoms with Crippen LogP contribution in [0.2, 0.25) is 0 Å². The highest BCUT2D eigenvalue weighted by Gasteiger charge is 2.19. The molecule has 0 saturated heterocycles. The third-order valence-electron chi connectivity index (χ3n) is 4.07. The Balaban J connectivity index is 1.94. The van der Waals surface area contributed by atoms with Crippen LogP contribution in [0, 0.1) is 5.82 Å². The van der Waals surface area contributed by atoms with E-state index in [9.17, 15) is 9.18 Å². The summed E-state index contributed by atoms with van der Waals surface area (Å²) in [5, 5.41) is 2.74. The first-order valence-electron chi connectivity index (χ1n) is 8.41. The van der Waals surface area contributed by atoms with E-state index in [2.05, 4.69) is 5.32 Å². The molecule has 6 heteroatoms. The lowest BCUT2D eigenvalue weighted by molar-refractivity contribution is -0.120. The molecule has 0 spiro atoms. The normalized spacial score (nSPS) is 13.3. The number of benzene rings is 2. The number of nitrogens with zero attached hydrogens (tertiary/aromatic N) is 1. The molecule has 2 rings (SSSR count). The van der Waals surface area contributed by atoms with Crippen LogP contribution in [0.25, 0.3) is 0 Å². The number of carbonyl (C=O) groups excluding carboxylic acids is 1. The number of likely N-dealkylation sites (N-methyl/N-ethyl adjacent to an activating group) is 1. The van der Waals surface area contributed by atoms with E-state index in [0.717, 1.165) is 16.2 Å². The first-order chi connectivity index (χ1) is 12.4. The van der Waals surface area contributed by atoms with Crippen molar-refractivity contribution in [3.63, 3.8) is 0 Å². The van der Waals surface area contributed by atoms with Gasteiger partial charge in [-0.05, 0) is 63.0 Å². The van der Waals surface area contributed by atoms with E-state index in [-0.39, 0.29) is 23.0 Å². The van der Waals surface area contributed by atoms with E-state index in [4.69, 9.17) is 4.74 Å². The van der Waals surface area contributed by atoms with E-state index in [1.165, 1.54) is 23.9 Å². The van der Waals surface area contributed by atoms with Gasteiger partial charge < -0.3 is 15.0 Å². The maximum absolute atomic E-state index is 13.5. The van der Waals surface area contributed by atoms with Crippen molar-refractivity contribution >= 4 is 17.7 Å². The van der Waals surface area contributed by atoms with Crippen LogP contribution in [0.4, 0.5) is 4.39 Å². The zero-order valence-corrected chi connectivity index (χ0v) is 16.3. The summed E-state index contributed by atoms with van der Waals surface area (Å²) in [4.78, 5) is 15.4. The first-order valence-corrected chi connectivity index (χ1v) is 9.29. The van der Waals surface area contributed by atoms with Gasteiger partial charge in [0.15, 0.2) is 0 Å². The second-order valence-corrected chi connectivity index (χ2v) is 7.63.